The van der Waals surface area contributed by atoms with Crippen LogP contribution in [0.15, 0.2) is 48.3 Å². The number of allylic oxidation sites excluding steroid dienone is 1. The minimum atomic E-state index is -0.579. The topological polar surface area (TPSA) is 44.8 Å². The van der Waals surface area contributed by atoms with Crippen molar-refractivity contribution in [2.24, 2.45) is 0 Å². The van der Waals surface area contributed by atoms with E-state index in [1.807, 2.05) is 18.3 Å². The summed E-state index contributed by atoms with van der Waals surface area (Å²) in [6, 6.07) is 5.30. The van der Waals surface area contributed by atoms with Gasteiger partial charge in [0.1, 0.15) is 0 Å². The number of hydrogen-bond acceptors (Lipinski definition) is 4. The Bertz CT molecular complexity index is 906. The van der Waals surface area contributed by atoms with Crippen LogP contribution in [0.3, 0.4) is 0 Å². The zero-order chi connectivity index (χ0) is 19.0. The van der Waals surface area contributed by atoms with Gasteiger partial charge in [-0.05, 0) is 36.8 Å². The summed E-state index contributed by atoms with van der Waals surface area (Å²) >= 11 is -0.579. The summed E-state index contributed by atoms with van der Waals surface area (Å²) in [5.74, 6) is -0.273. The summed E-state index contributed by atoms with van der Waals surface area (Å²) in [4.78, 5) is 16.8. The zero-order valence-corrected chi connectivity index (χ0v) is 17.4. The third-order valence-electron chi connectivity index (χ3n) is 4.73. The second kappa shape index (κ2) is 7.55. The lowest BCUT2D eigenvalue weighted by atomic mass is 10.1. The van der Waals surface area contributed by atoms with Gasteiger partial charge in [-0.2, -0.15) is 0 Å². The van der Waals surface area contributed by atoms with Gasteiger partial charge in [-0.3, -0.25) is 9.69 Å². The summed E-state index contributed by atoms with van der Waals surface area (Å²) in [6.07, 6.45) is 7.72. The Morgan fingerprint density at radius 1 is 1.33 bits per heavy atom. The number of rotatable bonds is 3. The van der Waals surface area contributed by atoms with E-state index in [1.165, 1.54) is 13.2 Å². The third-order valence-corrected chi connectivity index (χ3v) is 7.68. The normalized spacial score (nSPS) is 22.4. The van der Waals surface area contributed by atoms with Gasteiger partial charge < -0.3 is 15.0 Å². The maximum Gasteiger partial charge on any atom is 0.256 e. The largest absolute Gasteiger partial charge is 0.494 e. The van der Waals surface area contributed by atoms with Crippen LogP contribution < -0.4 is 10.1 Å². The third kappa shape index (κ3) is 3.70. The van der Waals surface area contributed by atoms with Crippen LogP contribution in [0.4, 0.5) is 4.39 Å². The Labute approximate surface area is 167 Å². The van der Waals surface area contributed by atoms with Gasteiger partial charge in [-0.15, -0.1) is 0 Å². The molecule has 3 heterocycles. The molecule has 5 nitrogen and oxygen atoms in total. The summed E-state index contributed by atoms with van der Waals surface area (Å²) in [5.41, 5.74) is 1.82. The molecule has 4 rings (SSSR count). The predicted octanol–water partition coefficient (Wildman–Crippen LogP) is 2.82. The van der Waals surface area contributed by atoms with Crippen LogP contribution in [0.1, 0.15) is 12.5 Å². The minimum Gasteiger partial charge on any atom is -0.494 e. The molecule has 142 valence electrons. The lowest BCUT2D eigenvalue weighted by Crippen LogP contribution is -2.49. The molecule has 1 saturated heterocycles. The number of hydrogen-bond donors (Lipinski definition) is 1. The standard InChI is InChI=1S/C20H21FIN3O2/c1-13-11-24(8-7-23-13)15-4-6-19-22-17(10-20(26)25(19)12-15)14-3-5-18(27-2)16(21)9-14/h3-6,9-10,12-13,23H,7-8,11H2,1-2H3/t13-/m0/s1. The second-order valence-electron chi connectivity index (χ2n) is 6.66. The molecule has 1 amide bonds. The maximum atomic E-state index is 14.0. The molecule has 1 N–H and O–H groups in total. The first-order valence-electron chi connectivity index (χ1n) is 8.84. The molecule has 0 unspecified atom stereocenters. The molecule has 0 aliphatic carbocycles. The van der Waals surface area contributed by atoms with Crippen molar-refractivity contribution in [2.45, 2.75) is 13.0 Å². The summed E-state index contributed by atoms with van der Waals surface area (Å²) < 4.78 is 21.0. The second-order valence-corrected chi connectivity index (χ2v) is 9.46. The van der Waals surface area contributed by atoms with E-state index in [0.29, 0.717) is 6.04 Å². The first-order valence-corrected chi connectivity index (χ1v) is 11.0. The first kappa shape index (κ1) is 18.4. The minimum absolute atomic E-state index is 0.0767. The molecule has 0 radical (unpaired) electrons. The highest BCUT2D eigenvalue weighted by atomic mass is 127. The van der Waals surface area contributed by atoms with Crippen molar-refractivity contribution < 1.29 is 13.9 Å². The van der Waals surface area contributed by atoms with Gasteiger partial charge in [0.05, 0.1) is 16.4 Å². The lowest BCUT2D eigenvalue weighted by molar-refractivity contribution is -0.120. The van der Waals surface area contributed by atoms with E-state index in [-0.39, 0.29) is 11.7 Å². The van der Waals surface area contributed by atoms with E-state index >= 15 is 0 Å². The van der Waals surface area contributed by atoms with E-state index in [9.17, 15) is 9.18 Å². The lowest BCUT2D eigenvalue weighted by Gasteiger charge is -2.36. The van der Waals surface area contributed by atoms with Crippen LogP contribution in [-0.2, 0) is 4.79 Å². The summed E-state index contributed by atoms with van der Waals surface area (Å²) in [5, 5.41) is 3.43. The fourth-order valence-electron chi connectivity index (χ4n) is 3.33. The van der Waals surface area contributed by atoms with Crippen LogP contribution in [0.2, 0.25) is 0 Å². The van der Waals surface area contributed by atoms with Crippen molar-refractivity contribution in [1.29, 1.82) is 0 Å². The van der Waals surface area contributed by atoms with Crippen LogP contribution in [-0.4, -0.2) is 52.1 Å². The van der Waals surface area contributed by atoms with Crippen LogP contribution >= 0.6 is 20.7 Å². The number of piperazine rings is 1. The fourth-order valence-corrected chi connectivity index (χ4v) is 5.99. The Balaban J connectivity index is 1.59. The Kier molecular flexibility index (Phi) is 5.14. The number of carbonyl (C=O) groups excluding carboxylic acids is 1. The average molecular weight is 481 g/mol. The highest BCUT2D eigenvalue weighted by molar-refractivity contribution is 14.2. The maximum absolute atomic E-state index is 14.0. The number of methoxy groups -OCH3 is 1. The Morgan fingerprint density at radius 3 is 2.93 bits per heavy atom. The quantitative estimate of drug-likeness (QED) is 0.675. The molecule has 0 spiro atoms. The van der Waals surface area contributed by atoms with Crippen LogP contribution in [0, 0.1) is 5.82 Å². The number of carbonyl (C=O) groups is 1. The number of amides is 1. The molecule has 0 saturated carbocycles. The molecular weight excluding hydrogens is 460 g/mol. The first-order chi connectivity index (χ1) is 13.0. The van der Waals surface area contributed by atoms with Gasteiger partial charge in [0.25, 0.3) is 5.91 Å². The number of nitrogens with zero attached hydrogens (tertiary/aromatic N) is 2. The molecule has 7 heteroatoms. The van der Waals surface area contributed by atoms with Gasteiger partial charge in [0, 0.05) is 41.5 Å². The Morgan fingerprint density at radius 2 is 2.19 bits per heavy atom. The predicted molar refractivity (Wildman–Crippen MR) is 113 cm³/mol. The molecule has 1 aromatic carbocycles. The molecule has 3 aliphatic heterocycles. The van der Waals surface area contributed by atoms with Crippen molar-refractivity contribution in [3.8, 4) is 5.75 Å². The van der Waals surface area contributed by atoms with E-state index in [2.05, 4.69) is 23.2 Å². The number of nitrogens with one attached hydrogen (secondary N) is 1. The monoisotopic (exact) mass is 481 g/mol. The molecule has 1 fully saturated rings. The molecule has 1 aromatic rings. The van der Waals surface area contributed by atoms with Gasteiger partial charge in [0.2, 0.25) is 0 Å². The number of fused-ring (bicyclic) bond motifs is 1. The van der Waals surface area contributed by atoms with Crippen molar-refractivity contribution >= 4 is 33.9 Å². The number of benzene rings is 1. The van der Waals surface area contributed by atoms with E-state index in [1.54, 1.807) is 17.0 Å². The summed E-state index contributed by atoms with van der Waals surface area (Å²) in [6.45, 7) is 4.96. The van der Waals surface area contributed by atoms with Gasteiger partial charge in [-0.25, -0.2) is 4.39 Å². The molecule has 0 bridgehead atoms. The summed E-state index contributed by atoms with van der Waals surface area (Å²) in [7, 11) is 1.44. The number of ether oxygens (including phenoxy) is 1. The molecule has 3 aliphatic rings. The van der Waals surface area contributed by atoms with Crippen LogP contribution in [0.5, 0.6) is 5.75 Å². The van der Waals surface area contributed by atoms with Crippen molar-refractivity contribution in [1.82, 2.24) is 15.1 Å². The molecule has 27 heavy (non-hydrogen) atoms. The molecular formula is C20H21FIN3O2. The SMILES string of the molecule is COc1ccc(C2=CC(=O)N3C=C(N4CCN[C@@H](C)C4)C=CC3=I2)cc1F. The molecule has 1 atom stereocenters. The van der Waals surface area contributed by atoms with Gasteiger partial charge in [0.15, 0.2) is 11.6 Å². The van der Waals surface area contributed by atoms with Crippen molar-refractivity contribution in [3.63, 3.8) is 0 Å². The van der Waals surface area contributed by atoms with E-state index < -0.39 is 26.5 Å². The highest BCUT2D eigenvalue weighted by Crippen LogP contribution is 2.36. The zero-order valence-electron chi connectivity index (χ0n) is 15.2. The molecule has 0 aromatic heterocycles. The highest BCUT2D eigenvalue weighted by Gasteiger charge is 2.26. The van der Waals surface area contributed by atoms with Gasteiger partial charge >= 0.3 is 0 Å². The van der Waals surface area contributed by atoms with E-state index in [0.717, 1.165) is 38.1 Å². The number of halogens is 2. The van der Waals surface area contributed by atoms with Crippen LogP contribution in [0.25, 0.3) is 3.58 Å². The fraction of sp³-hybridized carbons (Fsp3) is 0.300. The van der Waals surface area contributed by atoms with E-state index in [4.69, 9.17) is 4.74 Å². The smallest absolute Gasteiger partial charge is 0.256 e. The Hall–Kier alpha value is -2.00. The average Bonchev–Trinajstić information content (AvgIpc) is 2.67. The van der Waals surface area contributed by atoms with Gasteiger partial charge in [-0.1, -0.05) is 26.8 Å². The van der Waals surface area contributed by atoms with Crippen molar-refractivity contribution in [3.05, 3.63) is 59.7 Å². The van der Waals surface area contributed by atoms with Crippen molar-refractivity contribution in [2.75, 3.05) is 26.7 Å².